The fourth-order valence-electron chi connectivity index (χ4n) is 1.81. The van der Waals surface area contributed by atoms with Gasteiger partial charge in [-0.2, -0.15) is 18.3 Å². The number of rotatable bonds is 4. The summed E-state index contributed by atoms with van der Waals surface area (Å²) in [7, 11) is 1.76. The number of aromatic nitrogens is 3. The molecule has 0 aliphatic heterocycles. The number of aryl methyl sites for hydroxylation is 1. The highest BCUT2D eigenvalue weighted by atomic mass is 35.5. The second-order valence-electron chi connectivity index (χ2n) is 4.67. The number of halogens is 4. The number of hydrogen-bond acceptors (Lipinski definition) is 3. The third-order valence-corrected chi connectivity index (χ3v) is 3.30. The van der Waals surface area contributed by atoms with Crippen molar-refractivity contribution < 1.29 is 13.2 Å². The number of hydrogen-bond donors (Lipinski definition) is 1. The Balaban J connectivity index is 2.00. The molecule has 8 heteroatoms. The molecule has 0 saturated carbocycles. The second kappa shape index (κ2) is 6.03. The molecule has 1 N–H and O–H groups in total. The summed E-state index contributed by atoms with van der Waals surface area (Å²) in [4.78, 5) is 3.84. The molecule has 0 aromatic carbocycles. The third kappa shape index (κ3) is 3.95. The number of nitrogens with one attached hydrogen (secondary N) is 1. The maximum atomic E-state index is 12.5. The molecular formula is C13H14ClF3N4. The zero-order chi connectivity index (χ0) is 15.6. The van der Waals surface area contributed by atoms with Gasteiger partial charge >= 0.3 is 6.18 Å². The summed E-state index contributed by atoms with van der Waals surface area (Å²) in [6, 6.07) is 2.17. The van der Waals surface area contributed by atoms with Crippen LogP contribution < -0.4 is 5.32 Å². The van der Waals surface area contributed by atoms with E-state index in [2.05, 4.69) is 15.4 Å². The highest BCUT2D eigenvalue weighted by molar-refractivity contribution is 6.31. The molecule has 2 heterocycles. The van der Waals surface area contributed by atoms with E-state index < -0.39 is 11.7 Å². The van der Waals surface area contributed by atoms with E-state index in [4.69, 9.17) is 11.6 Å². The van der Waals surface area contributed by atoms with Crippen LogP contribution >= 0.6 is 11.6 Å². The highest BCUT2D eigenvalue weighted by Gasteiger charge is 2.30. The smallest absolute Gasteiger partial charge is 0.303 e. The van der Waals surface area contributed by atoms with E-state index in [-0.39, 0.29) is 6.04 Å². The predicted molar refractivity (Wildman–Crippen MR) is 72.7 cm³/mol. The van der Waals surface area contributed by atoms with Crippen molar-refractivity contribution in [1.82, 2.24) is 20.1 Å². The van der Waals surface area contributed by atoms with Gasteiger partial charge in [-0.1, -0.05) is 11.6 Å². The van der Waals surface area contributed by atoms with Gasteiger partial charge in [-0.25, -0.2) is 0 Å². The van der Waals surface area contributed by atoms with Gasteiger partial charge in [0.2, 0.25) is 0 Å². The summed E-state index contributed by atoms with van der Waals surface area (Å²) >= 11 is 5.98. The molecule has 0 spiro atoms. The maximum Gasteiger partial charge on any atom is 0.417 e. The minimum atomic E-state index is -4.37. The SMILES string of the molecule is CC(NCc1nn(C)cc1Cl)c1ccc(C(F)(F)F)cn1. The minimum absolute atomic E-state index is 0.217. The van der Waals surface area contributed by atoms with E-state index in [0.717, 1.165) is 12.3 Å². The topological polar surface area (TPSA) is 42.7 Å². The fraction of sp³-hybridized carbons (Fsp3) is 0.385. The normalized spacial score (nSPS) is 13.4. The molecule has 1 unspecified atom stereocenters. The molecule has 4 nitrogen and oxygen atoms in total. The van der Waals surface area contributed by atoms with Crippen LogP contribution in [0.15, 0.2) is 24.5 Å². The van der Waals surface area contributed by atoms with Crippen molar-refractivity contribution in [3.8, 4) is 0 Å². The Morgan fingerprint density at radius 2 is 2.10 bits per heavy atom. The van der Waals surface area contributed by atoms with Gasteiger partial charge in [0.15, 0.2) is 0 Å². The zero-order valence-electron chi connectivity index (χ0n) is 11.4. The quantitative estimate of drug-likeness (QED) is 0.940. The predicted octanol–water partition coefficient (Wildman–Crippen LogP) is 3.34. The average molecular weight is 319 g/mol. The molecule has 2 aromatic rings. The van der Waals surface area contributed by atoms with E-state index in [0.29, 0.717) is 23.0 Å². The van der Waals surface area contributed by atoms with Crippen LogP contribution in [0.2, 0.25) is 5.02 Å². The molecule has 2 aromatic heterocycles. The van der Waals surface area contributed by atoms with Crippen molar-refractivity contribution in [2.45, 2.75) is 25.7 Å². The van der Waals surface area contributed by atoms with Crippen LogP contribution in [0.5, 0.6) is 0 Å². The van der Waals surface area contributed by atoms with Crippen molar-refractivity contribution in [3.05, 3.63) is 46.5 Å². The van der Waals surface area contributed by atoms with E-state index in [1.807, 2.05) is 6.92 Å². The van der Waals surface area contributed by atoms with Gasteiger partial charge in [-0.05, 0) is 19.1 Å². The molecule has 0 saturated heterocycles. The Labute approximate surface area is 124 Å². The lowest BCUT2D eigenvalue weighted by Crippen LogP contribution is -2.20. The Kier molecular flexibility index (Phi) is 4.53. The Morgan fingerprint density at radius 1 is 1.38 bits per heavy atom. The molecule has 0 aliphatic carbocycles. The van der Waals surface area contributed by atoms with Crippen molar-refractivity contribution in [2.75, 3.05) is 0 Å². The molecule has 0 bridgehead atoms. The average Bonchev–Trinajstić information content (AvgIpc) is 2.73. The molecule has 1 atom stereocenters. The summed E-state index contributed by atoms with van der Waals surface area (Å²) in [5.74, 6) is 0. The molecule has 0 aliphatic rings. The van der Waals surface area contributed by atoms with Crippen LogP contribution in [-0.4, -0.2) is 14.8 Å². The molecule has 0 amide bonds. The van der Waals surface area contributed by atoms with E-state index in [1.165, 1.54) is 6.07 Å². The molecule has 0 radical (unpaired) electrons. The number of nitrogens with zero attached hydrogens (tertiary/aromatic N) is 3. The van der Waals surface area contributed by atoms with Crippen LogP contribution in [0.3, 0.4) is 0 Å². The van der Waals surface area contributed by atoms with Gasteiger partial charge in [0, 0.05) is 32.0 Å². The van der Waals surface area contributed by atoms with Crippen LogP contribution in [-0.2, 0) is 19.8 Å². The Bertz CT molecular complexity index is 607. The van der Waals surface area contributed by atoms with E-state index >= 15 is 0 Å². The van der Waals surface area contributed by atoms with E-state index in [1.54, 1.807) is 17.9 Å². The van der Waals surface area contributed by atoms with Gasteiger partial charge in [0.1, 0.15) is 0 Å². The van der Waals surface area contributed by atoms with Crippen molar-refractivity contribution in [1.29, 1.82) is 0 Å². The monoisotopic (exact) mass is 318 g/mol. The molecular weight excluding hydrogens is 305 g/mol. The summed E-state index contributed by atoms with van der Waals surface area (Å²) in [6.07, 6.45) is -1.86. The summed E-state index contributed by atoms with van der Waals surface area (Å²) in [6.45, 7) is 2.22. The zero-order valence-corrected chi connectivity index (χ0v) is 12.2. The first-order valence-electron chi connectivity index (χ1n) is 6.22. The molecule has 0 fully saturated rings. The Hall–Kier alpha value is -1.60. The summed E-state index contributed by atoms with van der Waals surface area (Å²) < 4.78 is 39.0. The first-order valence-corrected chi connectivity index (χ1v) is 6.59. The number of pyridine rings is 1. The van der Waals surface area contributed by atoms with Gasteiger partial charge < -0.3 is 5.32 Å². The standard InChI is InChI=1S/C13H14ClF3N4/c1-8(18-6-12-10(14)7-21(2)20-12)11-4-3-9(5-19-11)13(15,16)17/h3-5,7-8,18H,6H2,1-2H3. The van der Waals surface area contributed by atoms with Gasteiger partial charge in [-0.15, -0.1) is 0 Å². The van der Waals surface area contributed by atoms with Gasteiger partial charge in [-0.3, -0.25) is 9.67 Å². The molecule has 2 rings (SSSR count). The van der Waals surface area contributed by atoms with Gasteiger partial charge in [0.05, 0.1) is 22.0 Å². The van der Waals surface area contributed by atoms with Crippen molar-refractivity contribution in [3.63, 3.8) is 0 Å². The lowest BCUT2D eigenvalue weighted by Gasteiger charge is -2.13. The molecule has 114 valence electrons. The summed E-state index contributed by atoms with van der Waals surface area (Å²) in [5.41, 5.74) is 0.444. The van der Waals surface area contributed by atoms with Crippen LogP contribution in [0.1, 0.15) is 29.9 Å². The largest absolute Gasteiger partial charge is 0.417 e. The highest BCUT2D eigenvalue weighted by Crippen LogP contribution is 2.28. The van der Waals surface area contributed by atoms with Crippen LogP contribution in [0.25, 0.3) is 0 Å². The second-order valence-corrected chi connectivity index (χ2v) is 5.08. The van der Waals surface area contributed by atoms with E-state index in [9.17, 15) is 13.2 Å². The maximum absolute atomic E-state index is 12.5. The van der Waals surface area contributed by atoms with Crippen LogP contribution in [0, 0.1) is 0 Å². The fourth-order valence-corrected chi connectivity index (χ4v) is 2.05. The first kappa shape index (κ1) is 15.8. The third-order valence-electron chi connectivity index (χ3n) is 2.99. The first-order chi connectivity index (χ1) is 9.77. The minimum Gasteiger partial charge on any atom is -0.303 e. The van der Waals surface area contributed by atoms with Crippen molar-refractivity contribution in [2.24, 2.45) is 7.05 Å². The lowest BCUT2D eigenvalue weighted by atomic mass is 10.1. The van der Waals surface area contributed by atoms with Crippen LogP contribution in [0.4, 0.5) is 13.2 Å². The Morgan fingerprint density at radius 3 is 2.57 bits per heavy atom. The molecule has 21 heavy (non-hydrogen) atoms. The number of alkyl halides is 3. The lowest BCUT2D eigenvalue weighted by molar-refractivity contribution is -0.137. The van der Waals surface area contributed by atoms with Crippen molar-refractivity contribution >= 4 is 11.6 Å². The van der Waals surface area contributed by atoms with Gasteiger partial charge in [0.25, 0.3) is 0 Å². The summed E-state index contributed by atoms with van der Waals surface area (Å²) in [5, 5.41) is 7.84.